The molecule has 0 spiro atoms. The van der Waals surface area contributed by atoms with E-state index in [0.29, 0.717) is 0 Å². The number of hydrogen-bond acceptors (Lipinski definition) is 2. The summed E-state index contributed by atoms with van der Waals surface area (Å²) in [7, 11) is 0. The number of thioether (sulfide) groups is 1. The Hall–Kier alpha value is -0.730. The molecule has 2 aromatic rings. The summed E-state index contributed by atoms with van der Waals surface area (Å²) in [5.41, 5.74) is 1.30. The molecule has 1 aromatic carbocycles. The first-order chi connectivity index (χ1) is 6.95. The van der Waals surface area contributed by atoms with E-state index in [2.05, 4.69) is 48.2 Å². The van der Waals surface area contributed by atoms with Gasteiger partial charge in [0.1, 0.15) is 0 Å². The highest BCUT2D eigenvalue weighted by molar-refractivity contribution is 8.01. The van der Waals surface area contributed by atoms with Gasteiger partial charge in [0.25, 0.3) is 0 Å². The Kier molecular flexibility index (Phi) is 3.66. The van der Waals surface area contributed by atoms with Crippen molar-refractivity contribution in [3.8, 4) is 0 Å². The zero-order chi connectivity index (χ0) is 9.64. The van der Waals surface area contributed by atoms with E-state index in [1.807, 2.05) is 17.8 Å². The lowest BCUT2D eigenvalue weighted by molar-refractivity contribution is 1.43. The van der Waals surface area contributed by atoms with Crippen LogP contribution in [0.3, 0.4) is 0 Å². The third-order valence-electron chi connectivity index (χ3n) is 1.84. The lowest BCUT2D eigenvalue weighted by Gasteiger charge is -1.98. The molecule has 0 unspecified atom stereocenters. The highest BCUT2D eigenvalue weighted by Crippen LogP contribution is 2.24. The summed E-state index contributed by atoms with van der Waals surface area (Å²) in [6, 6.07) is 14.7. The molecule has 0 N–H and O–H groups in total. The van der Waals surface area contributed by atoms with Crippen molar-refractivity contribution >= 4 is 23.1 Å². The average molecular weight is 219 g/mol. The van der Waals surface area contributed by atoms with Gasteiger partial charge in [-0.3, -0.25) is 0 Å². The molecule has 14 heavy (non-hydrogen) atoms. The molecule has 1 aromatic heterocycles. The third kappa shape index (κ3) is 2.89. The Morgan fingerprint density at radius 3 is 2.64 bits per heavy atom. The van der Waals surface area contributed by atoms with Crippen molar-refractivity contribution in [2.45, 2.75) is 4.21 Å². The summed E-state index contributed by atoms with van der Waals surface area (Å²) >= 11 is 3.69. The lowest BCUT2D eigenvalue weighted by atomic mass is 10.2. The van der Waals surface area contributed by atoms with Crippen LogP contribution in [0.5, 0.6) is 0 Å². The Bertz CT molecular complexity index is 351. The normalized spacial score (nSPS) is 10.3. The molecular formula is C12H11S2. The predicted molar refractivity (Wildman–Crippen MR) is 64.9 cm³/mol. The molecule has 0 saturated carbocycles. The number of hydrogen-bond donors (Lipinski definition) is 0. The van der Waals surface area contributed by atoms with Crippen LogP contribution in [-0.4, -0.2) is 5.75 Å². The molecule has 1 radical (unpaired) electrons. The zero-order valence-electron chi connectivity index (χ0n) is 7.72. The molecule has 0 bridgehead atoms. The number of thiophene rings is 1. The van der Waals surface area contributed by atoms with Gasteiger partial charge < -0.3 is 0 Å². The van der Waals surface area contributed by atoms with Crippen LogP contribution in [0.4, 0.5) is 0 Å². The Balaban J connectivity index is 1.79. The van der Waals surface area contributed by atoms with E-state index in [-0.39, 0.29) is 0 Å². The molecule has 0 nitrogen and oxygen atoms in total. The highest BCUT2D eigenvalue weighted by atomic mass is 32.2. The van der Waals surface area contributed by atoms with Crippen LogP contribution in [0.1, 0.15) is 5.56 Å². The minimum absolute atomic E-state index is 1.05. The van der Waals surface area contributed by atoms with Crippen LogP contribution in [0.15, 0.2) is 52.1 Å². The van der Waals surface area contributed by atoms with Gasteiger partial charge in [-0.05, 0) is 17.0 Å². The first kappa shape index (κ1) is 9.81. The SMILES string of the molecule is [CH](CSc1cccs1)c1ccccc1. The summed E-state index contributed by atoms with van der Waals surface area (Å²) in [5, 5.41) is 2.12. The quantitative estimate of drug-likeness (QED) is 0.698. The van der Waals surface area contributed by atoms with Crippen LogP contribution in [-0.2, 0) is 0 Å². The molecule has 1 heterocycles. The first-order valence-corrected chi connectivity index (χ1v) is 6.36. The summed E-state index contributed by atoms with van der Waals surface area (Å²) in [5.74, 6) is 1.05. The fourth-order valence-electron chi connectivity index (χ4n) is 1.15. The molecule has 2 rings (SSSR count). The van der Waals surface area contributed by atoms with Gasteiger partial charge in [0.2, 0.25) is 0 Å². The molecule has 0 aliphatic rings. The molecule has 0 aliphatic carbocycles. The van der Waals surface area contributed by atoms with E-state index >= 15 is 0 Å². The maximum absolute atomic E-state index is 2.25. The monoisotopic (exact) mass is 219 g/mol. The van der Waals surface area contributed by atoms with E-state index in [0.717, 1.165) is 5.75 Å². The smallest absolute Gasteiger partial charge is 0.0598 e. The molecule has 0 fully saturated rings. The van der Waals surface area contributed by atoms with Crippen molar-refractivity contribution in [1.82, 2.24) is 0 Å². The number of benzene rings is 1. The second kappa shape index (κ2) is 5.23. The van der Waals surface area contributed by atoms with Crippen molar-refractivity contribution in [2.24, 2.45) is 0 Å². The van der Waals surface area contributed by atoms with Gasteiger partial charge in [0.15, 0.2) is 0 Å². The van der Waals surface area contributed by atoms with E-state index < -0.39 is 0 Å². The Morgan fingerprint density at radius 2 is 1.93 bits per heavy atom. The summed E-state index contributed by atoms with van der Waals surface area (Å²) in [6.07, 6.45) is 2.25. The van der Waals surface area contributed by atoms with Gasteiger partial charge in [-0.15, -0.1) is 23.1 Å². The minimum atomic E-state index is 1.05. The highest BCUT2D eigenvalue weighted by Gasteiger charge is 1.95. The maximum Gasteiger partial charge on any atom is 0.0598 e. The van der Waals surface area contributed by atoms with E-state index in [1.54, 1.807) is 11.3 Å². The Morgan fingerprint density at radius 1 is 1.07 bits per heavy atom. The summed E-state index contributed by atoms with van der Waals surface area (Å²) in [6.45, 7) is 0. The van der Waals surface area contributed by atoms with Gasteiger partial charge in [0, 0.05) is 12.2 Å². The van der Waals surface area contributed by atoms with Gasteiger partial charge in [-0.2, -0.15) is 0 Å². The van der Waals surface area contributed by atoms with Crippen molar-refractivity contribution in [3.05, 3.63) is 59.8 Å². The molecular weight excluding hydrogens is 208 g/mol. The summed E-state index contributed by atoms with van der Waals surface area (Å²) < 4.78 is 1.39. The van der Waals surface area contributed by atoms with E-state index in [4.69, 9.17) is 0 Å². The fraction of sp³-hybridized carbons (Fsp3) is 0.0833. The van der Waals surface area contributed by atoms with Gasteiger partial charge in [-0.25, -0.2) is 0 Å². The molecule has 0 amide bonds. The Labute approximate surface area is 93.0 Å². The number of rotatable bonds is 4. The standard InChI is InChI=1S/C12H11S2/c1-2-5-11(6-3-1)8-10-14-12-7-4-9-13-12/h1-9H,10H2. The van der Waals surface area contributed by atoms with Gasteiger partial charge in [-0.1, -0.05) is 36.4 Å². The average Bonchev–Trinajstić information content (AvgIpc) is 2.72. The molecule has 0 atom stereocenters. The van der Waals surface area contributed by atoms with Crippen LogP contribution in [0, 0.1) is 6.42 Å². The van der Waals surface area contributed by atoms with Crippen LogP contribution >= 0.6 is 23.1 Å². The van der Waals surface area contributed by atoms with Crippen molar-refractivity contribution in [1.29, 1.82) is 0 Å². The van der Waals surface area contributed by atoms with Crippen LogP contribution < -0.4 is 0 Å². The van der Waals surface area contributed by atoms with Crippen LogP contribution in [0.25, 0.3) is 0 Å². The maximum atomic E-state index is 2.25. The molecule has 71 valence electrons. The molecule has 0 saturated heterocycles. The third-order valence-corrected chi connectivity index (χ3v) is 3.90. The fourth-order valence-corrected chi connectivity index (χ4v) is 2.86. The predicted octanol–water partition coefficient (Wildman–Crippen LogP) is 4.09. The van der Waals surface area contributed by atoms with E-state index in [9.17, 15) is 0 Å². The zero-order valence-corrected chi connectivity index (χ0v) is 9.35. The topological polar surface area (TPSA) is 0 Å². The van der Waals surface area contributed by atoms with Crippen LogP contribution in [0.2, 0.25) is 0 Å². The second-order valence-electron chi connectivity index (χ2n) is 2.86. The summed E-state index contributed by atoms with van der Waals surface area (Å²) in [4.78, 5) is 0. The second-order valence-corrected chi connectivity index (χ2v) is 5.13. The van der Waals surface area contributed by atoms with E-state index in [1.165, 1.54) is 9.77 Å². The van der Waals surface area contributed by atoms with Gasteiger partial charge >= 0.3 is 0 Å². The van der Waals surface area contributed by atoms with Crippen molar-refractivity contribution in [2.75, 3.05) is 5.75 Å². The minimum Gasteiger partial charge on any atom is -0.137 e. The largest absolute Gasteiger partial charge is 0.137 e. The first-order valence-electron chi connectivity index (χ1n) is 4.50. The van der Waals surface area contributed by atoms with Crippen molar-refractivity contribution < 1.29 is 0 Å². The van der Waals surface area contributed by atoms with Gasteiger partial charge in [0.05, 0.1) is 4.21 Å². The molecule has 0 aliphatic heterocycles. The van der Waals surface area contributed by atoms with Crippen molar-refractivity contribution in [3.63, 3.8) is 0 Å². The lowest BCUT2D eigenvalue weighted by Crippen LogP contribution is -1.82. The molecule has 2 heteroatoms.